The molecule has 1 aliphatic rings. The van der Waals surface area contributed by atoms with Gasteiger partial charge in [-0.05, 0) is 12.0 Å². The number of nitrogens with zero attached hydrogens (tertiary/aromatic N) is 2. The first-order chi connectivity index (χ1) is 5.77. The summed E-state index contributed by atoms with van der Waals surface area (Å²) >= 11 is 0. The van der Waals surface area contributed by atoms with Gasteiger partial charge < -0.3 is 4.74 Å². The van der Waals surface area contributed by atoms with E-state index in [-0.39, 0.29) is 0 Å². The molecule has 0 atom stereocenters. The fourth-order valence-electron chi connectivity index (χ4n) is 1.40. The Kier molecular flexibility index (Phi) is 1.89. The third-order valence-corrected chi connectivity index (χ3v) is 2.17. The van der Waals surface area contributed by atoms with Crippen LogP contribution in [-0.4, -0.2) is 16.4 Å². The number of fused-ring (bicyclic) bond motifs is 1. The summed E-state index contributed by atoms with van der Waals surface area (Å²) in [6, 6.07) is 2.14. The molecule has 0 amide bonds. The van der Waals surface area contributed by atoms with Crippen LogP contribution in [-0.2, 0) is 17.9 Å². The molecular weight excluding hydrogens is 152 g/mol. The second-order valence-electron chi connectivity index (χ2n) is 3.49. The molecule has 1 aliphatic heterocycles. The molecule has 2 heterocycles. The van der Waals surface area contributed by atoms with Gasteiger partial charge in [0.05, 0.1) is 31.1 Å². The van der Waals surface area contributed by atoms with Crippen LogP contribution in [0.15, 0.2) is 6.07 Å². The summed E-state index contributed by atoms with van der Waals surface area (Å²) in [5.74, 6) is 0.517. The lowest BCUT2D eigenvalue weighted by Crippen LogP contribution is -2.16. The maximum absolute atomic E-state index is 5.33. The molecule has 3 heteroatoms. The zero-order chi connectivity index (χ0) is 8.55. The van der Waals surface area contributed by atoms with Crippen molar-refractivity contribution in [2.24, 2.45) is 0 Å². The van der Waals surface area contributed by atoms with Gasteiger partial charge in [-0.2, -0.15) is 5.10 Å². The molecule has 0 aromatic carbocycles. The van der Waals surface area contributed by atoms with E-state index in [9.17, 15) is 0 Å². The van der Waals surface area contributed by atoms with Gasteiger partial charge in [-0.15, -0.1) is 0 Å². The van der Waals surface area contributed by atoms with E-state index in [4.69, 9.17) is 4.74 Å². The maximum atomic E-state index is 5.33. The van der Waals surface area contributed by atoms with Crippen LogP contribution in [0.25, 0.3) is 0 Å². The van der Waals surface area contributed by atoms with Gasteiger partial charge >= 0.3 is 0 Å². The first kappa shape index (κ1) is 7.80. The van der Waals surface area contributed by atoms with Crippen molar-refractivity contribution in [3.63, 3.8) is 0 Å². The van der Waals surface area contributed by atoms with Crippen molar-refractivity contribution in [1.82, 2.24) is 9.78 Å². The summed E-state index contributed by atoms with van der Waals surface area (Å²) in [6.45, 7) is 6.75. The molecule has 0 fully saturated rings. The molecule has 66 valence electrons. The molecule has 3 nitrogen and oxygen atoms in total. The fourth-order valence-corrected chi connectivity index (χ4v) is 1.40. The molecule has 0 radical (unpaired) electrons. The quantitative estimate of drug-likeness (QED) is 0.632. The van der Waals surface area contributed by atoms with Crippen molar-refractivity contribution >= 4 is 0 Å². The van der Waals surface area contributed by atoms with Crippen molar-refractivity contribution in [3.05, 3.63) is 17.5 Å². The third-order valence-electron chi connectivity index (χ3n) is 2.17. The highest BCUT2D eigenvalue weighted by Crippen LogP contribution is 2.16. The van der Waals surface area contributed by atoms with E-state index >= 15 is 0 Å². The summed E-state index contributed by atoms with van der Waals surface area (Å²) in [5, 5.41) is 4.49. The molecule has 0 bridgehead atoms. The fraction of sp³-hybridized carbons (Fsp3) is 0.667. The van der Waals surface area contributed by atoms with Gasteiger partial charge in [-0.25, -0.2) is 0 Å². The van der Waals surface area contributed by atoms with Crippen LogP contribution in [0.5, 0.6) is 0 Å². The second kappa shape index (κ2) is 2.90. The first-order valence-electron chi connectivity index (χ1n) is 4.42. The predicted molar refractivity (Wildman–Crippen MR) is 46.0 cm³/mol. The van der Waals surface area contributed by atoms with Gasteiger partial charge in [0.1, 0.15) is 0 Å². The predicted octanol–water partition coefficient (Wildman–Crippen LogP) is 1.54. The largest absolute Gasteiger partial charge is 0.373 e. The number of hydrogen-bond acceptors (Lipinski definition) is 2. The Morgan fingerprint density at radius 2 is 2.42 bits per heavy atom. The normalized spacial score (nSPS) is 16.6. The lowest BCUT2D eigenvalue weighted by Gasteiger charge is -2.13. The zero-order valence-electron chi connectivity index (χ0n) is 7.58. The number of hydrogen-bond donors (Lipinski definition) is 0. The van der Waals surface area contributed by atoms with E-state index in [0.29, 0.717) is 5.92 Å². The van der Waals surface area contributed by atoms with Gasteiger partial charge in [0, 0.05) is 0 Å². The monoisotopic (exact) mass is 166 g/mol. The molecule has 0 spiro atoms. The minimum Gasteiger partial charge on any atom is -0.373 e. The lowest BCUT2D eigenvalue weighted by molar-refractivity contribution is 0.0800. The molecule has 12 heavy (non-hydrogen) atoms. The number of rotatable bonds is 1. The van der Waals surface area contributed by atoms with Crippen molar-refractivity contribution in [2.45, 2.75) is 32.9 Å². The average molecular weight is 166 g/mol. The molecule has 2 rings (SSSR count). The molecule has 0 unspecified atom stereocenters. The van der Waals surface area contributed by atoms with Gasteiger partial charge in [-0.3, -0.25) is 4.68 Å². The van der Waals surface area contributed by atoms with Crippen LogP contribution < -0.4 is 0 Å². The summed E-state index contributed by atoms with van der Waals surface area (Å²) in [4.78, 5) is 0. The summed E-state index contributed by atoms with van der Waals surface area (Å²) in [5.41, 5.74) is 2.39. The Morgan fingerprint density at radius 3 is 3.08 bits per heavy atom. The van der Waals surface area contributed by atoms with E-state index in [1.54, 1.807) is 0 Å². The standard InChI is InChI=1S/C9H14N2O/c1-7(2)9-5-8-6-12-4-3-11(8)10-9/h5,7H,3-4,6H2,1-2H3. The van der Waals surface area contributed by atoms with Gasteiger partial charge in [0.2, 0.25) is 0 Å². The SMILES string of the molecule is CC(C)c1cc2n(n1)CCOC2. The Morgan fingerprint density at radius 1 is 1.58 bits per heavy atom. The second-order valence-corrected chi connectivity index (χ2v) is 3.49. The Labute approximate surface area is 72.3 Å². The highest BCUT2D eigenvalue weighted by Gasteiger charge is 2.13. The Hall–Kier alpha value is -0.830. The van der Waals surface area contributed by atoms with Crippen LogP contribution in [0.3, 0.4) is 0 Å². The first-order valence-corrected chi connectivity index (χ1v) is 4.42. The van der Waals surface area contributed by atoms with Crippen molar-refractivity contribution in [3.8, 4) is 0 Å². The summed E-state index contributed by atoms with van der Waals surface area (Å²) in [6.07, 6.45) is 0. The van der Waals surface area contributed by atoms with E-state index in [1.807, 2.05) is 0 Å². The maximum Gasteiger partial charge on any atom is 0.0885 e. The zero-order valence-corrected chi connectivity index (χ0v) is 7.58. The molecule has 0 saturated carbocycles. The lowest BCUT2D eigenvalue weighted by atomic mass is 10.1. The Bertz CT molecular complexity index is 255. The van der Waals surface area contributed by atoms with Crippen LogP contribution in [0.2, 0.25) is 0 Å². The van der Waals surface area contributed by atoms with E-state index in [1.165, 1.54) is 11.4 Å². The molecule has 1 aromatic heterocycles. The van der Waals surface area contributed by atoms with Gasteiger partial charge in [0.15, 0.2) is 0 Å². The molecule has 0 aliphatic carbocycles. The van der Waals surface area contributed by atoms with Crippen molar-refractivity contribution < 1.29 is 4.74 Å². The summed E-state index contributed by atoms with van der Waals surface area (Å²) in [7, 11) is 0. The van der Waals surface area contributed by atoms with Crippen LogP contribution in [0, 0.1) is 0 Å². The topological polar surface area (TPSA) is 27.1 Å². The van der Waals surface area contributed by atoms with E-state index in [0.717, 1.165) is 19.8 Å². The third kappa shape index (κ3) is 1.25. The smallest absolute Gasteiger partial charge is 0.0885 e. The van der Waals surface area contributed by atoms with Gasteiger partial charge in [0.25, 0.3) is 0 Å². The van der Waals surface area contributed by atoms with E-state index < -0.39 is 0 Å². The molecule has 0 N–H and O–H groups in total. The highest BCUT2D eigenvalue weighted by molar-refractivity contribution is 5.13. The van der Waals surface area contributed by atoms with Crippen molar-refractivity contribution in [1.29, 1.82) is 0 Å². The number of aromatic nitrogens is 2. The van der Waals surface area contributed by atoms with E-state index in [2.05, 4.69) is 29.7 Å². The van der Waals surface area contributed by atoms with Crippen LogP contribution in [0.1, 0.15) is 31.2 Å². The van der Waals surface area contributed by atoms with Crippen LogP contribution in [0.4, 0.5) is 0 Å². The molecule has 1 aromatic rings. The molecular formula is C9H14N2O. The highest BCUT2D eigenvalue weighted by atomic mass is 16.5. The minimum absolute atomic E-state index is 0.517. The minimum atomic E-state index is 0.517. The average Bonchev–Trinajstić information content (AvgIpc) is 2.46. The summed E-state index contributed by atoms with van der Waals surface area (Å²) < 4.78 is 7.38. The Balaban J connectivity index is 2.32. The number of ether oxygens (including phenoxy) is 1. The van der Waals surface area contributed by atoms with Crippen molar-refractivity contribution in [2.75, 3.05) is 6.61 Å². The van der Waals surface area contributed by atoms with Gasteiger partial charge in [-0.1, -0.05) is 13.8 Å². The van der Waals surface area contributed by atoms with Crippen LogP contribution >= 0.6 is 0 Å². The molecule has 0 saturated heterocycles.